The van der Waals surface area contributed by atoms with Gasteiger partial charge in [0.1, 0.15) is 5.75 Å². The lowest BCUT2D eigenvalue weighted by molar-refractivity contribution is -0.0305. The first kappa shape index (κ1) is 21.0. The van der Waals surface area contributed by atoms with Gasteiger partial charge in [-0.05, 0) is 6.07 Å². The molecular formula is C24H30N2O4. The van der Waals surface area contributed by atoms with Crippen LogP contribution in [0.4, 0.5) is 0 Å². The van der Waals surface area contributed by atoms with Crippen molar-refractivity contribution >= 4 is 5.78 Å². The average Bonchev–Trinajstić information content (AvgIpc) is 2.84. The highest BCUT2D eigenvalue weighted by Gasteiger charge is 2.40. The third kappa shape index (κ3) is 4.57. The summed E-state index contributed by atoms with van der Waals surface area (Å²) in [6, 6.07) is 17.2. The van der Waals surface area contributed by atoms with Crippen LogP contribution >= 0.6 is 0 Å². The Balaban J connectivity index is 1.80. The van der Waals surface area contributed by atoms with E-state index in [1.807, 2.05) is 48.5 Å². The molecule has 2 heterocycles. The van der Waals surface area contributed by atoms with Gasteiger partial charge in [-0.3, -0.25) is 14.6 Å². The Morgan fingerprint density at radius 2 is 1.40 bits per heavy atom. The predicted octanol–water partition coefficient (Wildman–Crippen LogP) is 2.65. The Morgan fingerprint density at radius 1 is 0.833 bits per heavy atom. The highest BCUT2D eigenvalue weighted by Crippen LogP contribution is 2.36. The van der Waals surface area contributed by atoms with Gasteiger partial charge in [0, 0.05) is 37.3 Å². The fourth-order valence-corrected chi connectivity index (χ4v) is 4.47. The fourth-order valence-electron chi connectivity index (χ4n) is 4.47. The van der Waals surface area contributed by atoms with Gasteiger partial charge in [-0.1, -0.05) is 48.5 Å². The number of hydrogen-bond donors (Lipinski definition) is 0. The number of carbonyl (C=O) groups is 1. The SMILES string of the molecule is COc1ccccc1[C@H]([C@H](C(=O)c1ccccc1)N1CCOCC1)N1CCOCC1. The van der Waals surface area contributed by atoms with Crippen LogP contribution in [0.1, 0.15) is 22.0 Å². The first-order valence-electron chi connectivity index (χ1n) is 10.7. The summed E-state index contributed by atoms with van der Waals surface area (Å²) in [4.78, 5) is 18.6. The Labute approximate surface area is 178 Å². The molecule has 0 saturated carbocycles. The van der Waals surface area contributed by atoms with Gasteiger partial charge in [0.15, 0.2) is 5.78 Å². The van der Waals surface area contributed by atoms with Crippen molar-refractivity contribution in [3.63, 3.8) is 0 Å². The van der Waals surface area contributed by atoms with Crippen molar-refractivity contribution in [3.05, 3.63) is 65.7 Å². The molecule has 6 nitrogen and oxygen atoms in total. The van der Waals surface area contributed by atoms with E-state index in [0.717, 1.165) is 43.1 Å². The second kappa shape index (κ2) is 10.2. The van der Waals surface area contributed by atoms with E-state index in [2.05, 4.69) is 15.9 Å². The number of hydrogen-bond acceptors (Lipinski definition) is 6. The smallest absolute Gasteiger partial charge is 0.181 e. The van der Waals surface area contributed by atoms with E-state index < -0.39 is 0 Å². The van der Waals surface area contributed by atoms with Crippen LogP contribution in [0, 0.1) is 0 Å². The summed E-state index contributed by atoms with van der Waals surface area (Å²) in [5, 5.41) is 0. The predicted molar refractivity (Wildman–Crippen MR) is 115 cm³/mol. The van der Waals surface area contributed by atoms with Gasteiger partial charge in [-0.15, -0.1) is 0 Å². The molecule has 6 heteroatoms. The molecule has 4 rings (SSSR count). The average molecular weight is 411 g/mol. The number of nitrogens with zero attached hydrogens (tertiary/aromatic N) is 2. The van der Waals surface area contributed by atoms with Crippen LogP contribution in [0.3, 0.4) is 0 Å². The first-order valence-corrected chi connectivity index (χ1v) is 10.7. The van der Waals surface area contributed by atoms with Crippen LogP contribution in [-0.4, -0.2) is 81.3 Å². The van der Waals surface area contributed by atoms with Crippen molar-refractivity contribution in [2.45, 2.75) is 12.1 Å². The molecule has 2 aromatic carbocycles. The van der Waals surface area contributed by atoms with Crippen LogP contribution in [0.25, 0.3) is 0 Å². The highest BCUT2D eigenvalue weighted by atomic mass is 16.5. The minimum atomic E-state index is -0.328. The van der Waals surface area contributed by atoms with Crippen LogP contribution in [0.5, 0.6) is 5.75 Å². The van der Waals surface area contributed by atoms with Gasteiger partial charge in [0.2, 0.25) is 0 Å². The van der Waals surface area contributed by atoms with Gasteiger partial charge < -0.3 is 14.2 Å². The Kier molecular flexibility index (Phi) is 7.12. The van der Waals surface area contributed by atoms with Gasteiger partial charge in [0.25, 0.3) is 0 Å². The molecule has 0 N–H and O–H groups in total. The number of morpholine rings is 2. The molecule has 0 spiro atoms. The topological polar surface area (TPSA) is 51.2 Å². The molecule has 0 amide bonds. The monoisotopic (exact) mass is 410 g/mol. The van der Waals surface area contributed by atoms with E-state index in [9.17, 15) is 4.79 Å². The van der Waals surface area contributed by atoms with Crippen molar-refractivity contribution in [2.24, 2.45) is 0 Å². The maximum atomic E-state index is 13.9. The molecule has 2 atom stereocenters. The Bertz CT molecular complexity index is 817. The number of carbonyl (C=O) groups excluding carboxylic acids is 1. The zero-order valence-electron chi connectivity index (χ0n) is 17.5. The minimum Gasteiger partial charge on any atom is -0.496 e. The summed E-state index contributed by atoms with van der Waals surface area (Å²) in [6.45, 7) is 5.65. The Hall–Kier alpha value is -2.25. The first-order chi connectivity index (χ1) is 14.8. The number of ether oxygens (including phenoxy) is 3. The van der Waals surface area contributed by atoms with Crippen molar-refractivity contribution in [3.8, 4) is 5.75 Å². The lowest BCUT2D eigenvalue weighted by Crippen LogP contribution is -2.55. The van der Waals surface area contributed by atoms with Crippen LogP contribution in [-0.2, 0) is 9.47 Å². The Morgan fingerprint density at radius 3 is 2.03 bits per heavy atom. The van der Waals surface area contributed by atoms with Gasteiger partial charge >= 0.3 is 0 Å². The van der Waals surface area contributed by atoms with Crippen LogP contribution in [0.2, 0.25) is 0 Å². The second-order valence-electron chi connectivity index (χ2n) is 7.66. The summed E-state index contributed by atoms with van der Waals surface area (Å²) < 4.78 is 16.9. The summed E-state index contributed by atoms with van der Waals surface area (Å²) in [5.74, 6) is 0.952. The molecular weight excluding hydrogens is 380 g/mol. The molecule has 2 fully saturated rings. The van der Waals surface area contributed by atoms with E-state index in [1.165, 1.54) is 0 Å². The summed E-state index contributed by atoms with van der Waals surface area (Å²) in [7, 11) is 1.69. The molecule has 0 radical (unpaired) electrons. The quantitative estimate of drug-likeness (QED) is 0.654. The molecule has 0 aliphatic carbocycles. The molecule has 2 aliphatic heterocycles. The van der Waals surface area contributed by atoms with E-state index in [1.54, 1.807) is 7.11 Å². The maximum Gasteiger partial charge on any atom is 0.181 e. The summed E-state index contributed by atoms with van der Waals surface area (Å²) in [6.07, 6.45) is 0. The molecule has 0 unspecified atom stereocenters. The maximum absolute atomic E-state index is 13.9. The molecule has 0 bridgehead atoms. The van der Waals surface area contributed by atoms with Crippen molar-refractivity contribution < 1.29 is 19.0 Å². The third-order valence-corrected chi connectivity index (χ3v) is 5.96. The second-order valence-corrected chi connectivity index (χ2v) is 7.66. The van der Waals surface area contributed by atoms with E-state index in [-0.39, 0.29) is 17.9 Å². The van der Waals surface area contributed by atoms with E-state index >= 15 is 0 Å². The molecule has 2 saturated heterocycles. The van der Waals surface area contributed by atoms with Gasteiger partial charge in [0.05, 0.1) is 45.6 Å². The lowest BCUT2D eigenvalue weighted by atomic mass is 9.89. The van der Waals surface area contributed by atoms with E-state index in [4.69, 9.17) is 14.2 Å². The summed E-state index contributed by atoms with van der Waals surface area (Å²) >= 11 is 0. The number of methoxy groups -OCH3 is 1. The number of rotatable bonds is 7. The van der Waals surface area contributed by atoms with Crippen LogP contribution < -0.4 is 4.74 Å². The van der Waals surface area contributed by atoms with Crippen molar-refractivity contribution in [2.75, 3.05) is 59.7 Å². The highest BCUT2D eigenvalue weighted by molar-refractivity contribution is 6.00. The standard InChI is InChI=1S/C24H30N2O4/c1-28-21-10-6-5-9-20(21)22(25-11-15-29-16-12-25)23(26-13-17-30-18-14-26)24(27)19-7-3-2-4-8-19/h2-10,22-23H,11-18H2,1H3/t22-,23-/m1/s1. The van der Waals surface area contributed by atoms with Gasteiger partial charge in [-0.25, -0.2) is 0 Å². The minimum absolute atomic E-state index is 0.129. The van der Waals surface area contributed by atoms with Crippen LogP contribution in [0.15, 0.2) is 54.6 Å². The number of para-hydroxylation sites is 1. The van der Waals surface area contributed by atoms with Crippen molar-refractivity contribution in [1.29, 1.82) is 0 Å². The largest absolute Gasteiger partial charge is 0.496 e. The number of benzene rings is 2. The number of ketones is 1. The van der Waals surface area contributed by atoms with Crippen molar-refractivity contribution in [1.82, 2.24) is 9.80 Å². The normalized spacial score (nSPS) is 20.4. The zero-order chi connectivity index (χ0) is 20.8. The molecule has 160 valence electrons. The molecule has 2 aromatic rings. The lowest BCUT2D eigenvalue weighted by Gasteiger charge is -2.44. The summed E-state index contributed by atoms with van der Waals surface area (Å²) in [5.41, 5.74) is 1.78. The van der Waals surface area contributed by atoms with E-state index in [0.29, 0.717) is 26.4 Å². The molecule has 2 aliphatic rings. The molecule has 30 heavy (non-hydrogen) atoms. The van der Waals surface area contributed by atoms with Gasteiger partial charge in [-0.2, -0.15) is 0 Å². The zero-order valence-corrected chi connectivity index (χ0v) is 17.5. The molecule has 0 aromatic heterocycles. The number of Topliss-reactive ketones (excluding diaryl/α,β-unsaturated/α-hetero) is 1. The third-order valence-electron chi connectivity index (χ3n) is 5.96. The fraction of sp³-hybridized carbons (Fsp3) is 0.458.